The molecule has 0 aliphatic heterocycles. The van der Waals surface area contributed by atoms with E-state index in [0.717, 1.165) is 21.9 Å². The predicted molar refractivity (Wildman–Crippen MR) is 115 cm³/mol. The number of carbonyl (C=O) groups excluding carboxylic acids is 1. The van der Waals surface area contributed by atoms with E-state index in [1.807, 2.05) is 48.5 Å². The maximum atomic E-state index is 12.5. The summed E-state index contributed by atoms with van der Waals surface area (Å²) in [7, 11) is 0. The van der Waals surface area contributed by atoms with Gasteiger partial charge < -0.3 is 4.74 Å². The molecule has 142 valence electrons. The fourth-order valence-corrected chi connectivity index (χ4v) is 3.35. The molecule has 4 nitrogen and oxygen atoms in total. The van der Waals surface area contributed by atoms with Crippen LogP contribution in [-0.2, 0) is 0 Å². The maximum Gasteiger partial charge on any atom is 0.200 e. The van der Waals surface area contributed by atoms with Crippen molar-refractivity contribution in [1.29, 1.82) is 10.5 Å². The monoisotopic (exact) mass is 388 g/mol. The molecule has 4 aromatic rings. The van der Waals surface area contributed by atoms with E-state index in [1.165, 1.54) is 0 Å². The highest BCUT2D eigenvalue weighted by molar-refractivity contribution is 5.99. The quantitative estimate of drug-likeness (QED) is 0.422. The minimum atomic E-state index is -0.187. The van der Waals surface area contributed by atoms with Crippen LogP contribution in [0, 0.1) is 22.7 Å². The van der Waals surface area contributed by atoms with Crippen molar-refractivity contribution in [2.24, 2.45) is 0 Å². The summed E-state index contributed by atoms with van der Waals surface area (Å²) < 4.78 is 5.89. The summed E-state index contributed by atoms with van der Waals surface area (Å²) in [5, 5.41) is 20.4. The molecule has 0 N–H and O–H groups in total. The van der Waals surface area contributed by atoms with Crippen LogP contribution in [0.4, 0.5) is 0 Å². The Balaban J connectivity index is 1.68. The van der Waals surface area contributed by atoms with E-state index in [0.29, 0.717) is 22.4 Å². The van der Waals surface area contributed by atoms with Gasteiger partial charge in [0.1, 0.15) is 5.75 Å². The molecular formula is C26H16N2O2. The van der Waals surface area contributed by atoms with Crippen LogP contribution < -0.4 is 4.74 Å². The molecule has 0 saturated heterocycles. The Hall–Kier alpha value is -4.41. The van der Waals surface area contributed by atoms with Crippen LogP contribution in [0.3, 0.4) is 0 Å². The fraction of sp³-hybridized carbons (Fsp3) is 0.0385. The Labute approximate surface area is 174 Å². The summed E-state index contributed by atoms with van der Waals surface area (Å²) in [6.45, 7) is -0.143. The number of fused-ring (bicyclic) bond motifs is 1. The number of Topliss-reactive ketones (excluding diaryl/α,β-unsaturated/α-hetero) is 1. The normalized spacial score (nSPS) is 10.2. The van der Waals surface area contributed by atoms with Crippen molar-refractivity contribution in [2.75, 3.05) is 6.61 Å². The number of hydrogen-bond donors (Lipinski definition) is 0. The molecule has 0 aromatic heterocycles. The van der Waals surface area contributed by atoms with Crippen LogP contribution in [0.25, 0.3) is 21.9 Å². The topological polar surface area (TPSA) is 73.9 Å². The number of ketones is 1. The van der Waals surface area contributed by atoms with Crippen molar-refractivity contribution in [2.45, 2.75) is 0 Å². The van der Waals surface area contributed by atoms with Crippen molar-refractivity contribution < 1.29 is 9.53 Å². The highest BCUT2D eigenvalue weighted by Crippen LogP contribution is 2.36. The number of nitrogens with zero attached hydrogens (tertiary/aromatic N) is 2. The van der Waals surface area contributed by atoms with Gasteiger partial charge in [0, 0.05) is 11.1 Å². The summed E-state index contributed by atoms with van der Waals surface area (Å²) in [6, 6.07) is 29.8. The number of nitriles is 2. The van der Waals surface area contributed by atoms with Crippen molar-refractivity contribution in [3.63, 3.8) is 0 Å². The zero-order chi connectivity index (χ0) is 20.9. The van der Waals surface area contributed by atoms with E-state index >= 15 is 0 Å². The minimum absolute atomic E-state index is 0.143. The third-order valence-corrected chi connectivity index (χ3v) is 4.88. The molecule has 0 aliphatic carbocycles. The van der Waals surface area contributed by atoms with Crippen LogP contribution in [0.5, 0.6) is 5.75 Å². The molecule has 0 unspecified atom stereocenters. The van der Waals surface area contributed by atoms with E-state index in [9.17, 15) is 10.1 Å². The fourth-order valence-electron chi connectivity index (χ4n) is 3.35. The molecule has 0 atom stereocenters. The van der Waals surface area contributed by atoms with Gasteiger partial charge in [0.05, 0.1) is 23.3 Å². The van der Waals surface area contributed by atoms with E-state index in [1.54, 1.807) is 42.5 Å². The second-order valence-electron chi connectivity index (χ2n) is 6.75. The molecule has 4 rings (SSSR count). The average molecular weight is 388 g/mol. The predicted octanol–water partition coefficient (Wildman–Crippen LogP) is 5.51. The van der Waals surface area contributed by atoms with Gasteiger partial charge in [-0.2, -0.15) is 10.5 Å². The summed E-state index contributed by atoms with van der Waals surface area (Å²) in [5.41, 5.74) is 3.19. The molecule has 0 bridgehead atoms. The van der Waals surface area contributed by atoms with Crippen molar-refractivity contribution in [1.82, 2.24) is 0 Å². The molecular weight excluding hydrogens is 372 g/mol. The Morgan fingerprint density at radius 3 is 2.23 bits per heavy atom. The minimum Gasteiger partial charge on any atom is -0.485 e. The van der Waals surface area contributed by atoms with Gasteiger partial charge in [0.2, 0.25) is 0 Å². The summed E-state index contributed by atoms with van der Waals surface area (Å²) in [5.74, 6) is 0.347. The van der Waals surface area contributed by atoms with Crippen molar-refractivity contribution >= 4 is 16.6 Å². The molecule has 0 radical (unpaired) electrons. The third-order valence-electron chi connectivity index (χ3n) is 4.88. The number of carbonyl (C=O) groups is 1. The highest BCUT2D eigenvalue weighted by atomic mass is 16.5. The first kappa shape index (κ1) is 18.9. The Bertz CT molecular complexity index is 1320. The smallest absolute Gasteiger partial charge is 0.200 e. The van der Waals surface area contributed by atoms with Gasteiger partial charge in [-0.15, -0.1) is 0 Å². The Morgan fingerprint density at radius 1 is 0.767 bits per heavy atom. The zero-order valence-corrected chi connectivity index (χ0v) is 16.0. The van der Waals surface area contributed by atoms with Crippen LogP contribution in [-0.4, -0.2) is 12.4 Å². The molecule has 0 heterocycles. The van der Waals surface area contributed by atoms with Crippen molar-refractivity contribution in [3.05, 3.63) is 102 Å². The van der Waals surface area contributed by atoms with E-state index in [2.05, 4.69) is 6.07 Å². The number of benzene rings is 4. The van der Waals surface area contributed by atoms with E-state index in [4.69, 9.17) is 10.00 Å². The second kappa shape index (κ2) is 8.31. The van der Waals surface area contributed by atoms with Gasteiger partial charge >= 0.3 is 0 Å². The van der Waals surface area contributed by atoms with Gasteiger partial charge in [-0.25, -0.2) is 0 Å². The van der Waals surface area contributed by atoms with E-state index in [-0.39, 0.29) is 12.4 Å². The first-order chi connectivity index (χ1) is 14.7. The molecule has 4 aromatic carbocycles. The van der Waals surface area contributed by atoms with Crippen LogP contribution >= 0.6 is 0 Å². The third kappa shape index (κ3) is 3.76. The van der Waals surface area contributed by atoms with E-state index < -0.39 is 0 Å². The lowest BCUT2D eigenvalue weighted by Gasteiger charge is -2.14. The summed E-state index contributed by atoms with van der Waals surface area (Å²) in [4.78, 5) is 12.5. The largest absolute Gasteiger partial charge is 0.485 e. The average Bonchev–Trinajstić information content (AvgIpc) is 2.82. The summed E-state index contributed by atoms with van der Waals surface area (Å²) >= 11 is 0. The van der Waals surface area contributed by atoms with Crippen molar-refractivity contribution in [3.8, 4) is 29.0 Å². The molecule has 30 heavy (non-hydrogen) atoms. The van der Waals surface area contributed by atoms with Crippen LogP contribution in [0.15, 0.2) is 84.9 Å². The van der Waals surface area contributed by atoms with Gasteiger partial charge in [-0.3, -0.25) is 4.79 Å². The Kier molecular flexibility index (Phi) is 5.24. The second-order valence-corrected chi connectivity index (χ2v) is 6.75. The molecule has 0 saturated carbocycles. The number of rotatable bonds is 5. The van der Waals surface area contributed by atoms with Gasteiger partial charge in [0.15, 0.2) is 12.4 Å². The van der Waals surface area contributed by atoms with Gasteiger partial charge in [0.25, 0.3) is 0 Å². The SMILES string of the molecule is N#Cc1ccc(C(=O)COc2ccc(C#N)cc2-c2cccc3ccccc23)cc1. The lowest BCUT2D eigenvalue weighted by atomic mass is 9.96. The maximum absolute atomic E-state index is 12.5. The highest BCUT2D eigenvalue weighted by Gasteiger charge is 2.13. The number of ether oxygens (including phenoxy) is 1. The number of hydrogen-bond acceptors (Lipinski definition) is 4. The summed E-state index contributed by atoms with van der Waals surface area (Å²) in [6.07, 6.45) is 0. The van der Waals surface area contributed by atoms with Gasteiger partial charge in [-0.05, 0) is 58.8 Å². The molecule has 4 heteroatoms. The first-order valence-corrected chi connectivity index (χ1v) is 9.38. The Morgan fingerprint density at radius 2 is 1.47 bits per heavy atom. The zero-order valence-electron chi connectivity index (χ0n) is 16.0. The first-order valence-electron chi connectivity index (χ1n) is 9.38. The molecule has 0 amide bonds. The lowest BCUT2D eigenvalue weighted by molar-refractivity contribution is 0.0922. The molecule has 0 spiro atoms. The molecule has 0 fully saturated rings. The lowest BCUT2D eigenvalue weighted by Crippen LogP contribution is -2.12. The van der Waals surface area contributed by atoms with Crippen LogP contribution in [0.2, 0.25) is 0 Å². The molecule has 0 aliphatic rings. The van der Waals surface area contributed by atoms with Crippen LogP contribution in [0.1, 0.15) is 21.5 Å². The van der Waals surface area contributed by atoms with Gasteiger partial charge in [-0.1, -0.05) is 42.5 Å². The standard InChI is InChI=1S/C26H16N2O2/c27-15-18-8-11-21(12-9-18)25(29)17-30-26-13-10-19(16-28)14-24(26)23-7-3-5-20-4-1-2-6-22(20)23/h1-14H,17H2.